The third-order valence-electron chi connectivity index (χ3n) is 5.68. The fourth-order valence-corrected chi connectivity index (χ4v) is 4.73. The number of nitrogens with zero attached hydrogens (tertiary/aromatic N) is 2. The van der Waals surface area contributed by atoms with Gasteiger partial charge >= 0.3 is 0 Å². The number of carbonyl (C=O) groups is 2. The van der Waals surface area contributed by atoms with Gasteiger partial charge in [-0.05, 0) is 63.6 Å². The van der Waals surface area contributed by atoms with E-state index in [2.05, 4.69) is 19.1 Å². The lowest BCUT2D eigenvalue weighted by Crippen LogP contribution is -2.51. The number of amides is 2. The highest BCUT2D eigenvalue weighted by atomic mass is 32.1. The topological polar surface area (TPSA) is 59.1 Å². The summed E-state index contributed by atoms with van der Waals surface area (Å²) >= 11 is 1.68. The molecule has 2 heterocycles. The molecule has 2 amide bonds. The second-order valence-corrected chi connectivity index (χ2v) is 10.8. The van der Waals surface area contributed by atoms with Crippen LogP contribution in [-0.2, 0) is 17.9 Å². The van der Waals surface area contributed by atoms with Crippen LogP contribution >= 0.6 is 11.3 Å². The van der Waals surface area contributed by atoms with Crippen molar-refractivity contribution in [1.82, 2.24) is 9.80 Å². The van der Waals surface area contributed by atoms with Crippen LogP contribution < -0.4 is 9.47 Å². The maximum atomic E-state index is 13.6. The SMILES string of the molecule is Cc1ccc(CN(Cc2ccccc2)C(=O)CN(C(=O)c2ccc3c(c2)OCO3)C(C)(C)C)s1. The Hall–Kier alpha value is -3.32. The molecule has 1 aliphatic heterocycles. The van der Waals surface area contributed by atoms with Crippen LogP contribution in [0, 0.1) is 6.92 Å². The van der Waals surface area contributed by atoms with E-state index >= 15 is 0 Å². The molecule has 2 aromatic carbocycles. The smallest absolute Gasteiger partial charge is 0.254 e. The number of benzene rings is 2. The Kier molecular flexibility index (Phi) is 6.93. The molecule has 1 aliphatic rings. The standard InChI is InChI=1S/C27H30N2O4S/c1-19-10-12-22(34-19)16-28(15-20-8-6-5-7-9-20)25(30)17-29(27(2,3)4)26(31)21-11-13-23-24(14-21)33-18-32-23/h5-14H,15-18H2,1-4H3. The lowest BCUT2D eigenvalue weighted by Gasteiger charge is -2.37. The van der Waals surface area contributed by atoms with E-state index in [1.54, 1.807) is 34.4 Å². The van der Waals surface area contributed by atoms with Crippen molar-refractivity contribution in [3.05, 3.63) is 81.5 Å². The lowest BCUT2D eigenvalue weighted by molar-refractivity contribution is -0.134. The minimum Gasteiger partial charge on any atom is -0.454 e. The molecule has 0 bridgehead atoms. The molecule has 4 rings (SSSR count). The fourth-order valence-electron chi connectivity index (χ4n) is 3.83. The summed E-state index contributed by atoms with van der Waals surface area (Å²) in [6.45, 7) is 8.98. The normalized spacial score (nSPS) is 12.5. The minimum absolute atomic E-state index is 0.0199. The lowest BCUT2D eigenvalue weighted by atomic mass is 10.0. The summed E-state index contributed by atoms with van der Waals surface area (Å²) in [5.41, 5.74) is 0.963. The van der Waals surface area contributed by atoms with Gasteiger partial charge in [-0.3, -0.25) is 9.59 Å². The maximum Gasteiger partial charge on any atom is 0.254 e. The number of aryl methyl sites for hydroxylation is 1. The Morgan fingerprint density at radius 1 is 0.941 bits per heavy atom. The zero-order valence-electron chi connectivity index (χ0n) is 20.0. The van der Waals surface area contributed by atoms with Crippen molar-refractivity contribution in [3.63, 3.8) is 0 Å². The summed E-state index contributed by atoms with van der Waals surface area (Å²) in [7, 11) is 0. The number of hydrogen-bond donors (Lipinski definition) is 0. The average Bonchev–Trinajstić information content (AvgIpc) is 3.44. The van der Waals surface area contributed by atoms with Crippen molar-refractivity contribution in [1.29, 1.82) is 0 Å². The van der Waals surface area contributed by atoms with Crippen LogP contribution in [0.5, 0.6) is 11.5 Å². The number of thiophene rings is 1. The summed E-state index contributed by atoms with van der Waals surface area (Å²) in [5, 5.41) is 0. The molecule has 0 unspecified atom stereocenters. The molecule has 0 radical (unpaired) electrons. The van der Waals surface area contributed by atoms with Crippen molar-refractivity contribution < 1.29 is 19.1 Å². The van der Waals surface area contributed by atoms with Crippen molar-refractivity contribution in [3.8, 4) is 11.5 Å². The zero-order valence-corrected chi connectivity index (χ0v) is 20.9. The first-order valence-electron chi connectivity index (χ1n) is 11.3. The van der Waals surface area contributed by atoms with Gasteiger partial charge in [0.1, 0.15) is 6.54 Å². The van der Waals surface area contributed by atoms with Gasteiger partial charge in [0.15, 0.2) is 11.5 Å². The summed E-state index contributed by atoms with van der Waals surface area (Å²) in [6, 6.07) is 19.2. The third kappa shape index (κ3) is 5.59. The average molecular weight is 479 g/mol. The van der Waals surface area contributed by atoms with Gasteiger partial charge in [-0.25, -0.2) is 0 Å². The van der Waals surface area contributed by atoms with E-state index in [0.717, 1.165) is 10.4 Å². The van der Waals surface area contributed by atoms with E-state index in [1.165, 1.54) is 4.88 Å². The molecule has 0 saturated carbocycles. The second kappa shape index (κ2) is 9.89. The van der Waals surface area contributed by atoms with Crippen LogP contribution in [0.1, 0.15) is 46.4 Å². The van der Waals surface area contributed by atoms with E-state index in [-0.39, 0.29) is 25.2 Å². The summed E-state index contributed by atoms with van der Waals surface area (Å²) in [5.74, 6) is 0.852. The number of ether oxygens (including phenoxy) is 2. The number of hydrogen-bond acceptors (Lipinski definition) is 5. The van der Waals surface area contributed by atoms with E-state index in [9.17, 15) is 9.59 Å². The minimum atomic E-state index is -0.555. The summed E-state index contributed by atoms with van der Waals surface area (Å²) in [6.07, 6.45) is 0. The van der Waals surface area contributed by atoms with Crippen LogP contribution in [0.15, 0.2) is 60.7 Å². The van der Waals surface area contributed by atoms with Gasteiger partial charge in [0.25, 0.3) is 5.91 Å². The first kappa shape index (κ1) is 23.8. The van der Waals surface area contributed by atoms with Crippen molar-refractivity contribution in [2.24, 2.45) is 0 Å². The van der Waals surface area contributed by atoms with Crippen molar-refractivity contribution in [2.75, 3.05) is 13.3 Å². The molecule has 0 aliphatic carbocycles. The van der Waals surface area contributed by atoms with Gasteiger partial charge in [0, 0.05) is 27.4 Å². The van der Waals surface area contributed by atoms with Crippen LogP contribution in [0.2, 0.25) is 0 Å². The molecular weight excluding hydrogens is 448 g/mol. The maximum absolute atomic E-state index is 13.6. The van der Waals surface area contributed by atoms with Gasteiger partial charge in [-0.2, -0.15) is 0 Å². The van der Waals surface area contributed by atoms with Crippen molar-refractivity contribution >= 4 is 23.2 Å². The first-order valence-corrected chi connectivity index (χ1v) is 12.1. The van der Waals surface area contributed by atoms with Gasteiger partial charge in [0.05, 0.1) is 6.54 Å². The highest BCUT2D eigenvalue weighted by Gasteiger charge is 2.32. The number of carbonyl (C=O) groups excluding carboxylic acids is 2. The summed E-state index contributed by atoms with van der Waals surface area (Å²) in [4.78, 5) is 32.9. The van der Waals surface area contributed by atoms with E-state index in [4.69, 9.17) is 9.47 Å². The van der Waals surface area contributed by atoms with Crippen LogP contribution in [0.4, 0.5) is 0 Å². The number of fused-ring (bicyclic) bond motifs is 1. The van der Waals surface area contributed by atoms with Gasteiger partial charge in [0.2, 0.25) is 12.7 Å². The zero-order chi connectivity index (χ0) is 24.3. The second-order valence-electron chi connectivity index (χ2n) is 9.38. The first-order chi connectivity index (χ1) is 16.2. The fraction of sp³-hybridized carbons (Fsp3) is 0.333. The van der Waals surface area contributed by atoms with Gasteiger partial charge in [-0.15, -0.1) is 11.3 Å². The molecule has 6 nitrogen and oxygen atoms in total. The highest BCUT2D eigenvalue weighted by Crippen LogP contribution is 2.33. The van der Waals surface area contributed by atoms with Crippen LogP contribution in [0.3, 0.4) is 0 Å². The van der Waals surface area contributed by atoms with Crippen molar-refractivity contribution in [2.45, 2.75) is 46.3 Å². The molecule has 0 N–H and O–H groups in total. The monoisotopic (exact) mass is 478 g/mol. The van der Waals surface area contributed by atoms with Gasteiger partial charge < -0.3 is 19.3 Å². The Bertz CT molecular complexity index is 1170. The van der Waals surface area contributed by atoms with Crippen LogP contribution in [0.25, 0.3) is 0 Å². The Balaban J connectivity index is 1.57. The molecule has 1 aromatic heterocycles. The van der Waals surface area contributed by atoms with E-state index in [1.807, 2.05) is 56.0 Å². The molecule has 0 saturated heterocycles. The predicted octanol–water partition coefficient (Wildman–Crippen LogP) is 5.25. The van der Waals surface area contributed by atoms with Gasteiger partial charge in [-0.1, -0.05) is 30.3 Å². The predicted molar refractivity (Wildman–Crippen MR) is 133 cm³/mol. The number of rotatable bonds is 7. The molecule has 0 spiro atoms. The van der Waals surface area contributed by atoms with E-state index < -0.39 is 5.54 Å². The molecule has 0 fully saturated rings. The molecule has 3 aromatic rings. The Morgan fingerprint density at radius 3 is 2.35 bits per heavy atom. The molecule has 7 heteroatoms. The molecule has 34 heavy (non-hydrogen) atoms. The quantitative estimate of drug-likeness (QED) is 0.465. The third-order valence-corrected chi connectivity index (χ3v) is 6.66. The highest BCUT2D eigenvalue weighted by molar-refractivity contribution is 7.11. The summed E-state index contributed by atoms with van der Waals surface area (Å²) < 4.78 is 10.8. The van der Waals surface area contributed by atoms with Crippen LogP contribution in [-0.4, -0.2) is 40.5 Å². The molecular formula is C27H30N2O4S. The Labute approximate surface area is 204 Å². The Morgan fingerprint density at radius 2 is 1.68 bits per heavy atom. The van der Waals surface area contributed by atoms with E-state index in [0.29, 0.717) is 30.2 Å². The molecule has 0 atom stereocenters. The largest absolute Gasteiger partial charge is 0.454 e. The molecule has 178 valence electrons.